The van der Waals surface area contributed by atoms with E-state index in [2.05, 4.69) is 36.5 Å². The van der Waals surface area contributed by atoms with Crippen molar-refractivity contribution in [3.63, 3.8) is 0 Å². The Kier molecular flexibility index (Phi) is 4.88. The lowest BCUT2D eigenvalue weighted by atomic mass is 10.00. The third-order valence-corrected chi connectivity index (χ3v) is 3.63. The van der Waals surface area contributed by atoms with Gasteiger partial charge in [-0.05, 0) is 45.2 Å². The van der Waals surface area contributed by atoms with Crippen LogP contribution in [0.2, 0.25) is 0 Å². The summed E-state index contributed by atoms with van der Waals surface area (Å²) in [5.74, 6) is 0. The van der Waals surface area contributed by atoms with Gasteiger partial charge in [0.05, 0.1) is 0 Å². The van der Waals surface area contributed by atoms with Gasteiger partial charge in [-0.1, -0.05) is 24.3 Å². The molecule has 1 aromatic rings. The van der Waals surface area contributed by atoms with Gasteiger partial charge in [0.15, 0.2) is 0 Å². The van der Waals surface area contributed by atoms with Gasteiger partial charge in [-0.25, -0.2) is 4.79 Å². The van der Waals surface area contributed by atoms with Crippen molar-refractivity contribution in [1.82, 2.24) is 10.2 Å². The number of carbonyl (C=O) groups is 1. The fraction of sp³-hybridized carbons (Fsp3) is 0.588. The number of hydrogen-bond donors (Lipinski definition) is 1. The summed E-state index contributed by atoms with van der Waals surface area (Å²) < 4.78 is 5.46. The SMILES string of the molecule is Cc1ccccc1C[C@H]1CN(C(=O)OC(C)(C)C)CCN1. The molecule has 1 aromatic carbocycles. The normalized spacial score (nSPS) is 19.4. The maximum Gasteiger partial charge on any atom is 0.410 e. The van der Waals surface area contributed by atoms with Crippen LogP contribution < -0.4 is 5.32 Å². The molecule has 0 unspecified atom stereocenters. The van der Waals surface area contributed by atoms with Crippen molar-refractivity contribution in [2.45, 2.75) is 45.8 Å². The predicted octanol–water partition coefficient (Wildman–Crippen LogP) is 2.75. The zero-order valence-electron chi connectivity index (χ0n) is 13.5. The molecule has 1 atom stereocenters. The lowest BCUT2D eigenvalue weighted by Crippen LogP contribution is -2.54. The van der Waals surface area contributed by atoms with Gasteiger partial charge in [-0.2, -0.15) is 0 Å². The molecule has 2 rings (SSSR count). The van der Waals surface area contributed by atoms with E-state index in [0.29, 0.717) is 13.1 Å². The van der Waals surface area contributed by atoms with E-state index in [-0.39, 0.29) is 12.1 Å². The summed E-state index contributed by atoms with van der Waals surface area (Å²) in [6.45, 7) is 10.1. The summed E-state index contributed by atoms with van der Waals surface area (Å²) in [4.78, 5) is 14.0. The molecular weight excluding hydrogens is 264 g/mol. The Bertz CT molecular complexity index is 494. The highest BCUT2D eigenvalue weighted by atomic mass is 16.6. The molecule has 1 N–H and O–H groups in total. The highest BCUT2D eigenvalue weighted by Gasteiger charge is 2.27. The minimum Gasteiger partial charge on any atom is -0.444 e. The number of ether oxygens (including phenoxy) is 1. The molecule has 116 valence electrons. The van der Waals surface area contributed by atoms with E-state index in [1.165, 1.54) is 11.1 Å². The Morgan fingerprint density at radius 2 is 2.10 bits per heavy atom. The average Bonchev–Trinajstić information content (AvgIpc) is 2.40. The van der Waals surface area contributed by atoms with Gasteiger partial charge in [-0.15, -0.1) is 0 Å². The Morgan fingerprint density at radius 3 is 2.76 bits per heavy atom. The second-order valence-corrected chi connectivity index (χ2v) is 6.71. The Labute approximate surface area is 127 Å². The van der Waals surface area contributed by atoms with E-state index in [9.17, 15) is 4.79 Å². The van der Waals surface area contributed by atoms with Crippen molar-refractivity contribution in [2.75, 3.05) is 19.6 Å². The number of carbonyl (C=O) groups excluding carboxylic acids is 1. The standard InChI is InChI=1S/C17H26N2O2/c1-13-7-5-6-8-14(13)11-15-12-19(10-9-18-15)16(20)21-17(2,3)4/h5-8,15,18H,9-12H2,1-4H3/t15-/m0/s1. The van der Waals surface area contributed by atoms with Crippen LogP contribution in [0.4, 0.5) is 4.79 Å². The number of nitrogens with one attached hydrogen (secondary N) is 1. The molecule has 1 aliphatic heterocycles. The van der Waals surface area contributed by atoms with Crippen LogP contribution in [0.25, 0.3) is 0 Å². The molecule has 0 spiro atoms. The van der Waals surface area contributed by atoms with Gasteiger partial charge in [0.1, 0.15) is 5.60 Å². The summed E-state index contributed by atoms with van der Waals surface area (Å²) in [7, 11) is 0. The molecule has 1 heterocycles. The average molecular weight is 290 g/mol. The van der Waals surface area contributed by atoms with Gasteiger partial charge < -0.3 is 15.0 Å². The quantitative estimate of drug-likeness (QED) is 0.910. The zero-order chi connectivity index (χ0) is 15.5. The van der Waals surface area contributed by atoms with E-state index < -0.39 is 5.60 Å². The maximum absolute atomic E-state index is 12.2. The second kappa shape index (κ2) is 6.48. The number of nitrogens with zero attached hydrogens (tertiary/aromatic N) is 1. The van der Waals surface area contributed by atoms with Gasteiger partial charge in [0.2, 0.25) is 0 Å². The molecule has 4 nitrogen and oxygen atoms in total. The van der Waals surface area contributed by atoms with Gasteiger partial charge in [-0.3, -0.25) is 0 Å². The predicted molar refractivity (Wildman–Crippen MR) is 84.5 cm³/mol. The van der Waals surface area contributed by atoms with E-state index in [0.717, 1.165) is 13.0 Å². The van der Waals surface area contributed by atoms with E-state index >= 15 is 0 Å². The van der Waals surface area contributed by atoms with Crippen molar-refractivity contribution in [3.8, 4) is 0 Å². The fourth-order valence-electron chi connectivity index (χ4n) is 2.56. The molecule has 0 saturated carbocycles. The topological polar surface area (TPSA) is 41.6 Å². The second-order valence-electron chi connectivity index (χ2n) is 6.71. The maximum atomic E-state index is 12.2. The molecule has 1 amide bonds. The largest absolute Gasteiger partial charge is 0.444 e. The first-order chi connectivity index (χ1) is 9.85. The van der Waals surface area contributed by atoms with Crippen LogP contribution in [0, 0.1) is 6.92 Å². The number of benzene rings is 1. The molecule has 0 radical (unpaired) electrons. The van der Waals surface area contributed by atoms with Crippen molar-refractivity contribution in [3.05, 3.63) is 35.4 Å². The van der Waals surface area contributed by atoms with Crippen LogP contribution in [0.15, 0.2) is 24.3 Å². The minimum absolute atomic E-state index is 0.209. The van der Waals surface area contributed by atoms with Crippen LogP contribution in [0.3, 0.4) is 0 Å². The highest BCUT2D eigenvalue weighted by molar-refractivity contribution is 5.68. The molecule has 1 saturated heterocycles. The van der Waals surface area contributed by atoms with E-state index in [1.54, 1.807) is 0 Å². The summed E-state index contributed by atoms with van der Waals surface area (Å²) in [6.07, 6.45) is 0.727. The molecule has 21 heavy (non-hydrogen) atoms. The van der Waals surface area contributed by atoms with E-state index in [1.807, 2.05) is 25.7 Å². The summed E-state index contributed by atoms with van der Waals surface area (Å²) in [5, 5.41) is 3.49. The smallest absolute Gasteiger partial charge is 0.410 e. The van der Waals surface area contributed by atoms with Crippen LogP contribution in [0.1, 0.15) is 31.9 Å². The summed E-state index contributed by atoms with van der Waals surface area (Å²) in [5.41, 5.74) is 2.20. The number of piperazine rings is 1. The molecule has 1 aliphatic rings. The molecule has 0 aromatic heterocycles. The molecular formula is C17H26N2O2. The third kappa shape index (κ3) is 4.74. The lowest BCUT2D eigenvalue weighted by Gasteiger charge is -2.35. The van der Waals surface area contributed by atoms with Crippen LogP contribution >= 0.6 is 0 Å². The monoisotopic (exact) mass is 290 g/mol. The third-order valence-electron chi connectivity index (χ3n) is 3.63. The van der Waals surface area contributed by atoms with Gasteiger partial charge >= 0.3 is 6.09 Å². The van der Waals surface area contributed by atoms with Crippen LogP contribution in [-0.4, -0.2) is 42.3 Å². The van der Waals surface area contributed by atoms with Crippen LogP contribution in [-0.2, 0) is 11.2 Å². The first-order valence-electron chi connectivity index (χ1n) is 7.61. The first kappa shape index (κ1) is 15.8. The van der Waals surface area contributed by atoms with Crippen molar-refractivity contribution in [1.29, 1.82) is 0 Å². The van der Waals surface area contributed by atoms with Crippen molar-refractivity contribution in [2.24, 2.45) is 0 Å². The van der Waals surface area contributed by atoms with Crippen LogP contribution in [0.5, 0.6) is 0 Å². The number of amides is 1. The minimum atomic E-state index is -0.437. The number of rotatable bonds is 2. The first-order valence-corrected chi connectivity index (χ1v) is 7.61. The molecule has 0 aliphatic carbocycles. The van der Waals surface area contributed by atoms with Gasteiger partial charge in [0.25, 0.3) is 0 Å². The summed E-state index contributed by atoms with van der Waals surface area (Å²) >= 11 is 0. The molecule has 1 fully saturated rings. The molecule has 4 heteroatoms. The van der Waals surface area contributed by atoms with Crippen molar-refractivity contribution >= 4 is 6.09 Å². The van der Waals surface area contributed by atoms with Gasteiger partial charge in [0, 0.05) is 25.7 Å². The highest BCUT2D eigenvalue weighted by Crippen LogP contribution is 2.14. The molecule has 0 bridgehead atoms. The Hall–Kier alpha value is -1.55. The lowest BCUT2D eigenvalue weighted by molar-refractivity contribution is 0.0195. The zero-order valence-corrected chi connectivity index (χ0v) is 13.5. The Balaban J connectivity index is 1.95. The Morgan fingerprint density at radius 1 is 1.38 bits per heavy atom. The number of hydrogen-bond acceptors (Lipinski definition) is 3. The fourth-order valence-corrected chi connectivity index (χ4v) is 2.56. The van der Waals surface area contributed by atoms with Crippen molar-refractivity contribution < 1.29 is 9.53 Å². The van der Waals surface area contributed by atoms with E-state index in [4.69, 9.17) is 4.74 Å². The number of aryl methyl sites for hydroxylation is 1. The summed E-state index contributed by atoms with van der Waals surface area (Å²) in [6, 6.07) is 8.69.